The first-order valence-corrected chi connectivity index (χ1v) is 8.82. The number of H-pyrrole nitrogens is 1. The van der Waals surface area contributed by atoms with Gasteiger partial charge in [-0.2, -0.15) is 13.2 Å². The molecule has 1 amide bonds. The maximum atomic E-state index is 12.8. The SMILES string of the molecule is CCCC(=O)N1CCc2nc(Cc3cccc(C(F)(F)F)c3)[nH]c(=O)c2C1. The summed E-state index contributed by atoms with van der Waals surface area (Å²) in [6.45, 7) is 2.63. The standard InChI is InChI=1S/C19H20F3N3O2/c1-2-4-17(26)25-8-7-15-14(11-25)18(27)24-16(23-15)10-12-5-3-6-13(9-12)19(20,21)22/h3,5-6,9H,2,4,7-8,10-11H2,1H3,(H,23,24,27). The zero-order valence-electron chi connectivity index (χ0n) is 14.9. The van der Waals surface area contributed by atoms with E-state index < -0.39 is 11.7 Å². The van der Waals surface area contributed by atoms with Crippen LogP contribution in [0.1, 0.15) is 48.0 Å². The third-order valence-electron chi connectivity index (χ3n) is 4.56. The first-order chi connectivity index (χ1) is 12.8. The van der Waals surface area contributed by atoms with Gasteiger partial charge >= 0.3 is 6.18 Å². The molecule has 1 aromatic heterocycles. The van der Waals surface area contributed by atoms with Gasteiger partial charge in [0, 0.05) is 25.8 Å². The fourth-order valence-corrected chi connectivity index (χ4v) is 3.20. The van der Waals surface area contributed by atoms with Crippen LogP contribution >= 0.6 is 0 Å². The Bertz CT molecular complexity index is 906. The molecule has 0 radical (unpaired) electrons. The molecule has 0 unspecified atom stereocenters. The van der Waals surface area contributed by atoms with Crippen molar-refractivity contribution in [3.05, 3.63) is 62.8 Å². The van der Waals surface area contributed by atoms with Crippen molar-refractivity contribution < 1.29 is 18.0 Å². The first kappa shape index (κ1) is 19.1. The minimum absolute atomic E-state index is 0.00981. The monoisotopic (exact) mass is 379 g/mol. The van der Waals surface area contributed by atoms with Crippen LogP contribution in [0, 0.1) is 0 Å². The predicted octanol–water partition coefficient (Wildman–Crippen LogP) is 3.06. The molecule has 5 nitrogen and oxygen atoms in total. The van der Waals surface area contributed by atoms with Crippen molar-refractivity contribution in [1.82, 2.24) is 14.9 Å². The van der Waals surface area contributed by atoms with Gasteiger partial charge in [-0.15, -0.1) is 0 Å². The second kappa shape index (κ2) is 7.54. The van der Waals surface area contributed by atoms with Crippen molar-refractivity contribution in [1.29, 1.82) is 0 Å². The van der Waals surface area contributed by atoms with E-state index in [9.17, 15) is 22.8 Å². The van der Waals surface area contributed by atoms with Crippen LogP contribution in [-0.2, 0) is 30.4 Å². The fraction of sp³-hybridized carbons (Fsp3) is 0.421. The minimum atomic E-state index is -4.42. The Morgan fingerprint density at radius 2 is 2.11 bits per heavy atom. The number of aromatic nitrogens is 2. The lowest BCUT2D eigenvalue weighted by atomic mass is 10.0. The number of carbonyl (C=O) groups is 1. The van der Waals surface area contributed by atoms with Gasteiger partial charge < -0.3 is 9.88 Å². The Hall–Kier alpha value is -2.64. The molecule has 27 heavy (non-hydrogen) atoms. The zero-order valence-corrected chi connectivity index (χ0v) is 14.9. The second-order valence-electron chi connectivity index (χ2n) is 6.63. The van der Waals surface area contributed by atoms with E-state index in [4.69, 9.17) is 0 Å². The number of nitrogens with zero attached hydrogens (tertiary/aromatic N) is 2. The molecule has 1 aliphatic rings. The van der Waals surface area contributed by atoms with Crippen LogP contribution in [0.15, 0.2) is 29.1 Å². The highest BCUT2D eigenvalue weighted by Crippen LogP contribution is 2.29. The summed E-state index contributed by atoms with van der Waals surface area (Å²) in [5.41, 5.74) is 0.421. The summed E-state index contributed by atoms with van der Waals surface area (Å²) in [5.74, 6) is 0.335. The van der Waals surface area contributed by atoms with Gasteiger partial charge in [0.2, 0.25) is 5.91 Å². The first-order valence-electron chi connectivity index (χ1n) is 8.82. The number of amides is 1. The molecule has 1 aromatic carbocycles. The van der Waals surface area contributed by atoms with E-state index in [1.54, 1.807) is 11.0 Å². The summed E-state index contributed by atoms with van der Waals surface area (Å²) >= 11 is 0. The van der Waals surface area contributed by atoms with Crippen molar-refractivity contribution in [3.63, 3.8) is 0 Å². The number of aromatic amines is 1. The molecule has 0 saturated heterocycles. The number of rotatable bonds is 4. The molecule has 2 aromatic rings. The average Bonchev–Trinajstić information content (AvgIpc) is 2.61. The Labute approximate surface area is 154 Å². The van der Waals surface area contributed by atoms with Crippen molar-refractivity contribution in [3.8, 4) is 0 Å². The van der Waals surface area contributed by atoms with Crippen LogP contribution in [0.3, 0.4) is 0 Å². The van der Waals surface area contributed by atoms with Gasteiger partial charge in [0.25, 0.3) is 5.56 Å². The Morgan fingerprint density at radius 1 is 1.33 bits per heavy atom. The molecule has 0 bridgehead atoms. The Balaban J connectivity index is 1.82. The fourth-order valence-electron chi connectivity index (χ4n) is 3.20. The zero-order chi connectivity index (χ0) is 19.6. The van der Waals surface area contributed by atoms with Gasteiger partial charge in [-0.05, 0) is 18.1 Å². The average molecular weight is 379 g/mol. The molecule has 0 spiro atoms. The minimum Gasteiger partial charge on any atom is -0.338 e. The second-order valence-corrected chi connectivity index (χ2v) is 6.63. The lowest BCUT2D eigenvalue weighted by Gasteiger charge is -2.27. The largest absolute Gasteiger partial charge is 0.416 e. The molecule has 1 N–H and O–H groups in total. The number of hydrogen-bond donors (Lipinski definition) is 1. The van der Waals surface area contributed by atoms with Gasteiger partial charge in [-0.3, -0.25) is 9.59 Å². The molecule has 1 aliphatic heterocycles. The number of alkyl halides is 3. The Morgan fingerprint density at radius 3 is 2.81 bits per heavy atom. The number of benzene rings is 1. The van der Waals surface area contributed by atoms with E-state index >= 15 is 0 Å². The molecular weight excluding hydrogens is 359 g/mol. The maximum absolute atomic E-state index is 12.8. The summed E-state index contributed by atoms with van der Waals surface area (Å²) in [7, 11) is 0. The number of carbonyl (C=O) groups excluding carboxylic acids is 1. The van der Waals surface area contributed by atoms with E-state index in [1.807, 2.05) is 6.92 Å². The summed E-state index contributed by atoms with van der Waals surface area (Å²) < 4.78 is 38.5. The Kier molecular flexibility index (Phi) is 5.34. The molecular formula is C19H20F3N3O2. The van der Waals surface area contributed by atoms with Crippen LogP contribution < -0.4 is 5.56 Å². The summed E-state index contributed by atoms with van der Waals surface area (Å²) in [5, 5.41) is 0. The summed E-state index contributed by atoms with van der Waals surface area (Å²) in [6.07, 6.45) is -2.67. The number of nitrogens with one attached hydrogen (secondary N) is 1. The predicted molar refractivity (Wildman–Crippen MR) is 93.1 cm³/mol. The topological polar surface area (TPSA) is 66.1 Å². The lowest BCUT2D eigenvalue weighted by molar-refractivity contribution is -0.137. The molecule has 144 valence electrons. The maximum Gasteiger partial charge on any atom is 0.416 e. The molecule has 0 aliphatic carbocycles. The lowest BCUT2D eigenvalue weighted by Crippen LogP contribution is -2.39. The third-order valence-corrected chi connectivity index (χ3v) is 4.56. The van der Waals surface area contributed by atoms with Gasteiger partial charge in [0.05, 0.1) is 23.4 Å². The smallest absolute Gasteiger partial charge is 0.338 e. The van der Waals surface area contributed by atoms with E-state index in [0.717, 1.165) is 18.6 Å². The van der Waals surface area contributed by atoms with E-state index in [2.05, 4.69) is 9.97 Å². The van der Waals surface area contributed by atoms with E-state index in [0.29, 0.717) is 42.0 Å². The van der Waals surface area contributed by atoms with Crippen LogP contribution in [0.5, 0.6) is 0 Å². The highest BCUT2D eigenvalue weighted by molar-refractivity contribution is 5.76. The van der Waals surface area contributed by atoms with Gasteiger partial charge in [0.1, 0.15) is 5.82 Å². The molecule has 0 atom stereocenters. The quantitative estimate of drug-likeness (QED) is 0.888. The van der Waals surface area contributed by atoms with Crippen LogP contribution in [0.25, 0.3) is 0 Å². The normalized spacial score (nSPS) is 14.1. The molecule has 2 heterocycles. The van der Waals surface area contributed by atoms with Crippen LogP contribution in [0.4, 0.5) is 13.2 Å². The highest BCUT2D eigenvalue weighted by Gasteiger charge is 2.30. The molecule has 0 saturated carbocycles. The number of hydrogen-bond acceptors (Lipinski definition) is 3. The molecule has 3 rings (SSSR count). The number of halogens is 3. The summed E-state index contributed by atoms with van der Waals surface area (Å²) in [4.78, 5) is 33.2. The third kappa shape index (κ3) is 4.37. The summed E-state index contributed by atoms with van der Waals surface area (Å²) in [6, 6.07) is 4.98. The van der Waals surface area contributed by atoms with Crippen LogP contribution in [-0.4, -0.2) is 27.3 Å². The van der Waals surface area contributed by atoms with Crippen LogP contribution in [0.2, 0.25) is 0 Å². The van der Waals surface area contributed by atoms with Gasteiger partial charge in [0.15, 0.2) is 0 Å². The van der Waals surface area contributed by atoms with Crippen molar-refractivity contribution in [2.24, 2.45) is 0 Å². The van der Waals surface area contributed by atoms with Gasteiger partial charge in [-0.1, -0.05) is 25.1 Å². The van der Waals surface area contributed by atoms with Crippen molar-refractivity contribution >= 4 is 5.91 Å². The van der Waals surface area contributed by atoms with Gasteiger partial charge in [-0.25, -0.2) is 4.98 Å². The van der Waals surface area contributed by atoms with Crippen molar-refractivity contribution in [2.45, 2.75) is 45.3 Å². The molecule has 0 fully saturated rings. The highest BCUT2D eigenvalue weighted by atomic mass is 19.4. The number of fused-ring (bicyclic) bond motifs is 1. The molecule has 8 heteroatoms. The van der Waals surface area contributed by atoms with Crippen molar-refractivity contribution in [2.75, 3.05) is 6.54 Å². The van der Waals surface area contributed by atoms with E-state index in [1.165, 1.54) is 6.07 Å². The van der Waals surface area contributed by atoms with E-state index in [-0.39, 0.29) is 24.4 Å².